The van der Waals surface area contributed by atoms with Gasteiger partial charge in [-0.1, -0.05) is 34.1 Å². The second kappa shape index (κ2) is 6.12. The van der Waals surface area contributed by atoms with Crippen molar-refractivity contribution in [2.24, 2.45) is 7.05 Å². The van der Waals surface area contributed by atoms with Gasteiger partial charge in [0.15, 0.2) is 5.78 Å². The van der Waals surface area contributed by atoms with E-state index in [0.29, 0.717) is 13.1 Å². The number of nitrogens with zero attached hydrogens (tertiary/aromatic N) is 3. The maximum atomic E-state index is 12.2. The lowest BCUT2D eigenvalue weighted by molar-refractivity contribution is 0.0942. The van der Waals surface area contributed by atoms with Gasteiger partial charge in [0, 0.05) is 35.4 Å². The summed E-state index contributed by atoms with van der Waals surface area (Å²) in [5.41, 5.74) is 1.82. The molecule has 0 spiro atoms. The van der Waals surface area contributed by atoms with E-state index in [9.17, 15) is 4.79 Å². The Labute approximate surface area is 121 Å². The third-order valence-electron chi connectivity index (χ3n) is 2.80. The van der Waals surface area contributed by atoms with Gasteiger partial charge in [-0.3, -0.25) is 14.4 Å². The van der Waals surface area contributed by atoms with Gasteiger partial charge in [0.05, 0.1) is 12.7 Å². The minimum absolute atomic E-state index is 0.110. The van der Waals surface area contributed by atoms with Gasteiger partial charge in [-0.2, -0.15) is 5.10 Å². The summed E-state index contributed by atoms with van der Waals surface area (Å²) in [6.45, 7) is 1.10. The lowest BCUT2D eigenvalue weighted by Crippen LogP contribution is -2.25. The maximum Gasteiger partial charge on any atom is 0.177 e. The highest BCUT2D eigenvalue weighted by Crippen LogP contribution is 2.16. The number of benzene rings is 1. The molecule has 1 aromatic heterocycles. The molecule has 0 aliphatic heterocycles. The SMILES string of the molecule is CN(CC(=O)c1ccccc1Br)Cc1cnn(C)c1. The molecule has 0 radical (unpaired) electrons. The summed E-state index contributed by atoms with van der Waals surface area (Å²) in [7, 11) is 3.82. The molecule has 0 bridgehead atoms. The van der Waals surface area contributed by atoms with Crippen molar-refractivity contribution in [3.63, 3.8) is 0 Å². The Hall–Kier alpha value is -1.46. The van der Waals surface area contributed by atoms with Gasteiger partial charge in [0.1, 0.15) is 0 Å². The zero-order valence-corrected chi connectivity index (χ0v) is 12.6. The van der Waals surface area contributed by atoms with E-state index >= 15 is 0 Å². The van der Waals surface area contributed by atoms with Crippen LogP contribution in [0.15, 0.2) is 41.1 Å². The van der Waals surface area contributed by atoms with Crippen molar-refractivity contribution in [2.75, 3.05) is 13.6 Å². The average Bonchev–Trinajstić information content (AvgIpc) is 2.74. The first-order valence-corrected chi connectivity index (χ1v) is 6.79. The van der Waals surface area contributed by atoms with Gasteiger partial charge >= 0.3 is 0 Å². The van der Waals surface area contributed by atoms with Crippen molar-refractivity contribution >= 4 is 21.7 Å². The molecule has 0 unspecified atom stereocenters. The summed E-state index contributed by atoms with van der Waals surface area (Å²) in [6.07, 6.45) is 3.78. The number of hydrogen-bond acceptors (Lipinski definition) is 3. The maximum absolute atomic E-state index is 12.2. The summed E-state index contributed by atoms with van der Waals surface area (Å²) in [5, 5.41) is 4.12. The summed E-state index contributed by atoms with van der Waals surface area (Å²) in [4.78, 5) is 14.2. The van der Waals surface area contributed by atoms with Crippen LogP contribution in [-0.4, -0.2) is 34.1 Å². The van der Waals surface area contributed by atoms with E-state index in [2.05, 4.69) is 21.0 Å². The van der Waals surface area contributed by atoms with E-state index in [0.717, 1.165) is 15.6 Å². The van der Waals surface area contributed by atoms with Crippen LogP contribution in [0.2, 0.25) is 0 Å². The van der Waals surface area contributed by atoms with Gasteiger partial charge in [-0.05, 0) is 13.1 Å². The van der Waals surface area contributed by atoms with Crippen molar-refractivity contribution in [3.05, 3.63) is 52.3 Å². The Morgan fingerprint density at radius 1 is 1.42 bits per heavy atom. The van der Waals surface area contributed by atoms with Crippen LogP contribution in [0.5, 0.6) is 0 Å². The molecule has 19 heavy (non-hydrogen) atoms. The van der Waals surface area contributed by atoms with Crippen LogP contribution in [0.4, 0.5) is 0 Å². The van der Waals surface area contributed by atoms with Crippen LogP contribution in [0.25, 0.3) is 0 Å². The van der Waals surface area contributed by atoms with Gasteiger partial charge in [-0.25, -0.2) is 0 Å². The fourth-order valence-corrected chi connectivity index (χ4v) is 2.44. The quantitative estimate of drug-likeness (QED) is 0.794. The molecule has 1 heterocycles. The van der Waals surface area contributed by atoms with Crippen molar-refractivity contribution in [1.82, 2.24) is 14.7 Å². The Bertz CT molecular complexity index is 580. The molecule has 0 aliphatic carbocycles. The van der Waals surface area contributed by atoms with Gasteiger partial charge < -0.3 is 0 Å². The normalized spacial score (nSPS) is 10.9. The first kappa shape index (κ1) is 14.0. The van der Waals surface area contributed by atoms with E-state index in [1.165, 1.54) is 0 Å². The Morgan fingerprint density at radius 3 is 2.79 bits per heavy atom. The van der Waals surface area contributed by atoms with Crippen LogP contribution < -0.4 is 0 Å². The van der Waals surface area contributed by atoms with E-state index in [4.69, 9.17) is 0 Å². The number of likely N-dealkylation sites (N-methyl/N-ethyl adjacent to an activating group) is 1. The van der Waals surface area contributed by atoms with Crippen LogP contribution in [0.1, 0.15) is 15.9 Å². The molecule has 100 valence electrons. The summed E-state index contributed by atoms with van der Waals surface area (Å²) in [6, 6.07) is 7.50. The molecule has 4 nitrogen and oxygen atoms in total. The smallest absolute Gasteiger partial charge is 0.177 e. The average molecular weight is 322 g/mol. The molecule has 0 saturated carbocycles. The predicted octanol–water partition coefficient (Wildman–Crippen LogP) is 2.50. The number of carbonyl (C=O) groups excluding carboxylic acids is 1. The number of carbonyl (C=O) groups is 1. The monoisotopic (exact) mass is 321 g/mol. The minimum Gasteiger partial charge on any atom is -0.294 e. The molecular formula is C14H16BrN3O. The molecule has 5 heteroatoms. The lowest BCUT2D eigenvalue weighted by Gasteiger charge is -2.15. The lowest BCUT2D eigenvalue weighted by atomic mass is 10.1. The first-order valence-electron chi connectivity index (χ1n) is 6.00. The van der Waals surface area contributed by atoms with Crippen LogP contribution in [-0.2, 0) is 13.6 Å². The number of hydrogen-bond donors (Lipinski definition) is 0. The van der Waals surface area contributed by atoms with Gasteiger partial charge in [0.25, 0.3) is 0 Å². The van der Waals surface area contributed by atoms with Crippen LogP contribution >= 0.6 is 15.9 Å². The summed E-state index contributed by atoms with van der Waals surface area (Å²) < 4.78 is 2.61. The second-order valence-corrected chi connectivity index (χ2v) is 5.45. The molecule has 0 N–H and O–H groups in total. The van der Waals surface area contributed by atoms with E-state index < -0.39 is 0 Å². The molecular weight excluding hydrogens is 306 g/mol. The number of aryl methyl sites for hydroxylation is 1. The minimum atomic E-state index is 0.110. The summed E-state index contributed by atoms with van der Waals surface area (Å²) in [5.74, 6) is 0.110. The highest BCUT2D eigenvalue weighted by molar-refractivity contribution is 9.10. The number of ketones is 1. The van der Waals surface area contributed by atoms with Crippen molar-refractivity contribution in [1.29, 1.82) is 0 Å². The van der Waals surface area contributed by atoms with E-state index in [1.54, 1.807) is 4.68 Å². The third kappa shape index (κ3) is 3.75. The van der Waals surface area contributed by atoms with Crippen LogP contribution in [0, 0.1) is 0 Å². The van der Waals surface area contributed by atoms with Crippen molar-refractivity contribution in [2.45, 2.75) is 6.54 Å². The fourth-order valence-electron chi connectivity index (χ4n) is 1.94. The predicted molar refractivity (Wildman–Crippen MR) is 78.0 cm³/mol. The molecule has 2 aromatic rings. The zero-order chi connectivity index (χ0) is 13.8. The van der Waals surface area contributed by atoms with Crippen molar-refractivity contribution in [3.8, 4) is 0 Å². The Morgan fingerprint density at radius 2 is 2.16 bits per heavy atom. The molecule has 0 saturated heterocycles. The number of Topliss-reactive ketones (excluding diaryl/α,β-unsaturated/α-hetero) is 1. The molecule has 0 fully saturated rings. The summed E-state index contributed by atoms with van der Waals surface area (Å²) >= 11 is 3.40. The fraction of sp³-hybridized carbons (Fsp3) is 0.286. The Balaban J connectivity index is 1.97. The first-order chi connectivity index (χ1) is 9.06. The zero-order valence-electron chi connectivity index (χ0n) is 11.0. The second-order valence-electron chi connectivity index (χ2n) is 4.60. The largest absolute Gasteiger partial charge is 0.294 e. The van der Waals surface area contributed by atoms with E-state index in [-0.39, 0.29) is 5.78 Å². The standard InChI is InChI=1S/C14H16BrN3O/c1-17(8-11-7-16-18(2)9-11)10-14(19)12-5-3-4-6-13(12)15/h3-7,9H,8,10H2,1-2H3. The highest BCUT2D eigenvalue weighted by Gasteiger charge is 2.12. The Kier molecular flexibility index (Phi) is 4.50. The van der Waals surface area contributed by atoms with Gasteiger partial charge in [0.2, 0.25) is 0 Å². The van der Waals surface area contributed by atoms with Gasteiger partial charge in [-0.15, -0.1) is 0 Å². The number of aromatic nitrogens is 2. The molecule has 2 rings (SSSR count). The van der Waals surface area contributed by atoms with E-state index in [1.807, 2.05) is 55.7 Å². The van der Waals surface area contributed by atoms with Crippen molar-refractivity contribution < 1.29 is 4.79 Å². The number of halogens is 1. The highest BCUT2D eigenvalue weighted by atomic mass is 79.9. The third-order valence-corrected chi connectivity index (χ3v) is 3.49. The van der Waals surface area contributed by atoms with Crippen LogP contribution in [0.3, 0.4) is 0 Å². The number of rotatable bonds is 5. The molecule has 0 amide bonds. The topological polar surface area (TPSA) is 38.1 Å². The molecule has 0 atom stereocenters. The molecule has 0 aliphatic rings. The molecule has 1 aromatic carbocycles.